The second-order valence-corrected chi connectivity index (χ2v) is 4.08. The van der Waals surface area contributed by atoms with Crippen molar-refractivity contribution in [1.82, 2.24) is 5.32 Å². The average Bonchev–Trinajstić information content (AvgIpc) is 2.35. The third-order valence-corrected chi connectivity index (χ3v) is 2.60. The Labute approximate surface area is 101 Å². The van der Waals surface area contributed by atoms with Crippen LogP contribution in [0.3, 0.4) is 0 Å². The van der Waals surface area contributed by atoms with Gasteiger partial charge in [0.15, 0.2) is 5.82 Å². The molecule has 0 bridgehead atoms. The second kappa shape index (κ2) is 7.90. The zero-order chi connectivity index (χ0) is 12.5. The van der Waals surface area contributed by atoms with Gasteiger partial charge in [-0.25, -0.2) is 4.39 Å². The summed E-state index contributed by atoms with van der Waals surface area (Å²) in [5, 5.41) is 5.99. The maximum Gasteiger partial charge on any atom is 0.152 e. The molecule has 0 aliphatic heterocycles. The van der Waals surface area contributed by atoms with Gasteiger partial charge in [0.2, 0.25) is 0 Å². The molecule has 1 aromatic rings. The third kappa shape index (κ3) is 5.04. The molecule has 0 saturated carbocycles. The lowest BCUT2D eigenvalue weighted by Gasteiger charge is -2.04. The van der Waals surface area contributed by atoms with Crippen molar-refractivity contribution in [2.45, 2.75) is 32.6 Å². The molecule has 0 aliphatic carbocycles. The van der Waals surface area contributed by atoms with Crippen LogP contribution in [0.25, 0.3) is 0 Å². The molecule has 94 valence electrons. The molecular weight excluding hydrogens is 219 g/mol. The Morgan fingerprint density at radius 3 is 2.82 bits per heavy atom. The van der Waals surface area contributed by atoms with E-state index in [1.807, 2.05) is 0 Å². The standard InChI is InChI=1S/C13H19FN2O/c1-2-8-15-9-4-3-5-11-6-7-12(14)13(10-11)16-17/h6-7,10,15H,2-5,8-9H2,1H3. The van der Waals surface area contributed by atoms with E-state index in [1.54, 1.807) is 6.07 Å². The van der Waals surface area contributed by atoms with Gasteiger partial charge in [-0.3, -0.25) is 0 Å². The number of nitrogens with one attached hydrogen (secondary N) is 1. The van der Waals surface area contributed by atoms with E-state index in [1.165, 1.54) is 12.1 Å². The third-order valence-electron chi connectivity index (χ3n) is 2.60. The summed E-state index contributed by atoms with van der Waals surface area (Å²) in [5.74, 6) is -0.548. The molecule has 0 fully saturated rings. The predicted molar refractivity (Wildman–Crippen MR) is 68.0 cm³/mol. The fraction of sp³-hybridized carbons (Fsp3) is 0.538. The van der Waals surface area contributed by atoms with Crippen LogP contribution in [0.5, 0.6) is 0 Å². The summed E-state index contributed by atoms with van der Waals surface area (Å²) >= 11 is 0. The van der Waals surface area contributed by atoms with Gasteiger partial charge in [0.05, 0.1) is 0 Å². The van der Waals surface area contributed by atoms with Gasteiger partial charge in [-0.15, -0.1) is 4.91 Å². The number of rotatable bonds is 8. The highest BCUT2D eigenvalue weighted by atomic mass is 19.1. The Kier molecular flexibility index (Phi) is 6.40. The Hall–Kier alpha value is -1.29. The molecule has 0 heterocycles. The van der Waals surface area contributed by atoms with E-state index in [0.29, 0.717) is 0 Å². The van der Waals surface area contributed by atoms with Gasteiger partial charge < -0.3 is 5.32 Å². The van der Waals surface area contributed by atoms with Gasteiger partial charge in [0.25, 0.3) is 0 Å². The van der Waals surface area contributed by atoms with Crippen molar-refractivity contribution in [3.05, 3.63) is 34.5 Å². The Bertz CT molecular complexity index is 355. The normalized spacial score (nSPS) is 10.5. The lowest BCUT2D eigenvalue weighted by Crippen LogP contribution is -2.15. The predicted octanol–water partition coefficient (Wildman–Crippen LogP) is 3.55. The van der Waals surface area contributed by atoms with Crippen molar-refractivity contribution >= 4 is 5.69 Å². The minimum atomic E-state index is -0.548. The van der Waals surface area contributed by atoms with Gasteiger partial charge in [-0.2, -0.15) is 0 Å². The van der Waals surface area contributed by atoms with Crippen molar-refractivity contribution in [2.75, 3.05) is 13.1 Å². The van der Waals surface area contributed by atoms with Crippen LogP contribution in [0.1, 0.15) is 31.7 Å². The first-order chi connectivity index (χ1) is 8.27. The van der Waals surface area contributed by atoms with Crippen molar-refractivity contribution in [3.8, 4) is 0 Å². The first kappa shape index (κ1) is 13.8. The van der Waals surface area contributed by atoms with Crippen LogP contribution < -0.4 is 5.32 Å². The number of benzene rings is 1. The van der Waals surface area contributed by atoms with Crippen molar-refractivity contribution in [1.29, 1.82) is 0 Å². The molecule has 0 radical (unpaired) electrons. The molecular formula is C13H19FN2O. The van der Waals surface area contributed by atoms with E-state index in [2.05, 4.69) is 17.4 Å². The van der Waals surface area contributed by atoms with E-state index in [4.69, 9.17) is 0 Å². The van der Waals surface area contributed by atoms with Crippen molar-refractivity contribution < 1.29 is 4.39 Å². The summed E-state index contributed by atoms with van der Waals surface area (Å²) in [5.41, 5.74) is 0.878. The van der Waals surface area contributed by atoms with Crippen molar-refractivity contribution in [2.24, 2.45) is 5.18 Å². The molecule has 0 spiro atoms. The fourth-order valence-corrected chi connectivity index (χ4v) is 1.66. The summed E-state index contributed by atoms with van der Waals surface area (Å²) in [6.45, 7) is 4.20. The zero-order valence-electron chi connectivity index (χ0n) is 10.2. The highest BCUT2D eigenvalue weighted by Gasteiger charge is 2.03. The summed E-state index contributed by atoms with van der Waals surface area (Å²) in [6.07, 6.45) is 4.12. The van der Waals surface area contributed by atoms with Gasteiger partial charge >= 0.3 is 0 Å². The molecule has 0 atom stereocenters. The van der Waals surface area contributed by atoms with Gasteiger partial charge in [0.1, 0.15) is 5.69 Å². The van der Waals surface area contributed by atoms with Crippen LogP contribution in [0.2, 0.25) is 0 Å². The average molecular weight is 238 g/mol. The second-order valence-electron chi connectivity index (χ2n) is 4.08. The first-order valence-electron chi connectivity index (χ1n) is 6.10. The minimum Gasteiger partial charge on any atom is -0.317 e. The summed E-state index contributed by atoms with van der Waals surface area (Å²) in [4.78, 5) is 10.3. The van der Waals surface area contributed by atoms with Gasteiger partial charge in [-0.1, -0.05) is 13.0 Å². The molecule has 1 N–H and O–H groups in total. The highest BCUT2D eigenvalue weighted by molar-refractivity contribution is 5.41. The number of aryl methyl sites for hydroxylation is 1. The first-order valence-corrected chi connectivity index (χ1v) is 6.10. The van der Waals surface area contributed by atoms with Gasteiger partial charge in [-0.05, 0) is 61.6 Å². The largest absolute Gasteiger partial charge is 0.317 e. The maximum absolute atomic E-state index is 13.0. The van der Waals surface area contributed by atoms with E-state index in [-0.39, 0.29) is 5.69 Å². The van der Waals surface area contributed by atoms with Crippen LogP contribution in [-0.4, -0.2) is 13.1 Å². The summed E-state index contributed by atoms with van der Waals surface area (Å²) in [6, 6.07) is 4.55. The van der Waals surface area contributed by atoms with Crippen LogP contribution in [0.15, 0.2) is 23.4 Å². The van der Waals surface area contributed by atoms with Crippen LogP contribution in [0.4, 0.5) is 10.1 Å². The fourth-order valence-electron chi connectivity index (χ4n) is 1.66. The molecule has 0 aliphatic rings. The van der Waals surface area contributed by atoms with Gasteiger partial charge in [0, 0.05) is 0 Å². The minimum absolute atomic E-state index is 0.0911. The smallest absolute Gasteiger partial charge is 0.152 e. The van der Waals surface area contributed by atoms with Crippen molar-refractivity contribution in [3.63, 3.8) is 0 Å². The monoisotopic (exact) mass is 238 g/mol. The highest BCUT2D eigenvalue weighted by Crippen LogP contribution is 2.19. The molecule has 17 heavy (non-hydrogen) atoms. The van der Waals surface area contributed by atoms with Crippen LogP contribution >= 0.6 is 0 Å². The number of hydrogen-bond donors (Lipinski definition) is 1. The number of nitroso groups, excluding NO2 is 1. The Morgan fingerprint density at radius 1 is 1.29 bits per heavy atom. The zero-order valence-corrected chi connectivity index (χ0v) is 10.2. The van der Waals surface area contributed by atoms with E-state index in [9.17, 15) is 9.30 Å². The maximum atomic E-state index is 13.0. The molecule has 3 nitrogen and oxygen atoms in total. The molecule has 0 unspecified atom stereocenters. The molecule has 1 rings (SSSR count). The molecule has 0 amide bonds. The SMILES string of the molecule is CCCNCCCCc1ccc(F)c(N=O)c1. The number of unbranched alkanes of at least 4 members (excludes halogenated alkanes) is 1. The number of hydrogen-bond acceptors (Lipinski definition) is 3. The molecule has 1 aromatic carbocycles. The molecule has 0 aromatic heterocycles. The van der Waals surface area contributed by atoms with E-state index in [0.717, 1.165) is 44.3 Å². The Balaban J connectivity index is 2.29. The lowest BCUT2D eigenvalue weighted by molar-refractivity contribution is 0.614. The quantitative estimate of drug-likeness (QED) is 0.556. The number of nitrogens with zero attached hydrogens (tertiary/aromatic N) is 1. The van der Waals surface area contributed by atoms with E-state index >= 15 is 0 Å². The molecule has 4 heteroatoms. The van der Waals surface area contributed by atoms with E-state index < -0.39 is 5.82 Å². The van der Waals surface area contributed by atoms with Crippen LogP contribution in [0, 0.1) is 10.7 Å². The number of halogens is 1. The molecule has 0 saturated heterocycles. The van der Waals surface area contributed by atoms with Crippen LogP contribution in [-0.2, 0) is 6.42 Å². The Morgan fingerprint density at radius 2 is 2.12 bits per heavy atom. The lowest BCUT2D eigenvalue weighted by atomic mass is 10.1. The summed E-state index contributed by atoms with van der Waals surface area (Å²) in [7, 11) is 0. The topological polar surface area (TPSA) is 41.5 Å². The summed E-state index contributed by atoms with van der Waals surface area (Å²) < 4.78 is 13.0.